The molecule has 0 bridgehead atoms. The lowest BCUT2D eigenvalue weighted by atomic mass is 9.94. The predicted molar refractivity (Wildman–Crippen MR) is 123 cm³/mol. The summed E-state index contributed by atoms with van der Waals surface area (Å²) in [5.74, 6) is 0.651. The van der Waals surface area contributed by atoms with Gasteiger partial charge < -0.3 is 18.9 Å². The molecule has 0 amide bonds. The van der Waals surface area contributed by atoms with Crippen LogP contribution in [0.15, 0.2) is 61.2 Å². The molecule has 0 spiro atoms. The molecular weight excluding hydrogens is 392 g/mol. The van der Waals surface area contributed by atoms with Crippen LogP contribution in [0.5, 0.6) is 11.5 Å². The number of methoxy groups -OCH3 is 1. The van der Waals surface area contributed by atoms with Crippen LogP contribution < -0.4 is 9.47 Å². The van der Waals surface area contributed by atoms with Gasteiger partial charge in [-0.3, -0.25) is 0 Å². The minimum absolute atomic E-state index is 0.0843. The standard InChI is InChI=1S/C26H32O5/c1-6-11-22-23(31-18-28-5)16-21(15-14-20-12-9-8-10-13-20)24(26(27)29-7-2)25(22)30-17-19(3)4/h6,8-10,12-13,16H,1,3,7,11,14-15,17-18H2,2,4-5H3. The molecule has 2 aromatic carbocycles. The van der Waals surface area contributed by atoms with Gasteiger partial charge in [-0.2, -0.15) is 0 Å². The van der Waals surface area contributed by atoms with Crippen LogP contribution in [-0.2, 0) is 28.7 Å². The number of carbonyl (C=O) groups excluding carboxylic acids is 1. The van der Waals surface area contributed by atoms with Gasteiger partial charge in [-0.15, -0.1) is 6.58 Å². The Labute approximate surface area is 185 Å². The Bertz CT molecular complexity index is 886. The predicted octanol–water partition coefficient (Wildman–Crippen LogP) is 5.31. The number of hydrogen-bond donors (Lipinski definition) is 0. The van der Waals surface area contributed by atoms with E-state index in [0.717, 1.165) is 23.1 Å². The first-order chi connectivity index (χ1) is 15.0. The highest BCUT2D eigenvalue weighted by Gasteiger charge is 2.26. The van der Waals surface area contributed by atoms with Crippen molar-refractivity contribution >= 4 is 5.97 Å². The van der Waals surface area contributed by atoms with E-state index in [9.17, 15) is 4.79 Å². The first kappa shape index (κ1) is 24.2. The zero-order chi connectivity index (χ0) is 22.6. The summed E-state index contributed by atoms with van der Waals surface area (Å²) in [6, 6.07) is 12.0. The molecule has 166 valence electrons. The van der Waals surface area contributed by atoms with Crippen LogP contribution in [0.25, 0.3) is 0 Å². The van der Waals surface area contributed by atoms with Crippen molar-refractivity contribution in [1.29, 1.82) is 0 Å². The molecule has 0 aromatic heterocycles. The highest BCUT2D eigenvalue weighted by molar-refractivity contribution is 5.95. The van der Waals surface area contributed by atoms with Crippen LogP contribution in [0.2, 0.25) is 0 Å². The number of aryl methyl sites for hydroxylation is 2. The molecule has 0 N–H and O–H groups in total. The van der Waals surface area contributed by atoms with Gasteiger partial charge in [0, 0.05) is 12.7 Å². The van der Waals surface area contributed by atoms with Crippen LogP contribution in [-0.4, -0.2) is 33.1 Å². The quantitative estimate of drug-likeness (QED) is 0.248. The van der Waals surface area contributed by atoms with E-state index in [0.29, 0.717) is 29.9 Å². The summed E-state index contributed by atoms with van der Waals surface area (Å²) in [5.41, 5.74) is 3.99. The number of ether oxygens (including phenoxy) is 4. The van der Waals surface area contributed by atoms with E-state index < -0.39 is 5.97 Å². The van der Waals surface area contributed by atoms with E-state index in [1.807, 2.05) is 31.2 Å². The smallest absolute Gasteiger partial charge is 0.342 e. The Morgan fingerprint density at radius 3 is 2.48 bits per heavy atom. The van der Waals surface area contributed by atoms with Crippen molar-refractivity contribution in [2.75, 3.05) is 27.1 Å². The average Bonchev–Trinajstić information content (AvgIpc) is 2.76. The first-order valence-corrected chi connectivity index (χ1v) is 10.4. The molecule has 0 heterocycles. The summed E-state index contributed by atoms with van der Waals surface area (Å²) in [7, 11) is 1.56. The molecule has 0 atom stereocenters. The van der Waals surface area contributed by atoms with Crippen molar-refractivity contribution < 1.29 is 23.7 Å². The second-order valence-corrected chi connectivity index (χ2v) is 7.21. The Balaban J connectivity index is 2.61. The molecule has 0 aliphatic heterocycles. The maximum absolute atomic E-state index is 13.0. The number of allylic oxidation sites excluding steroid dienone is 1. The molecule has 0 saturated carbocycles. The van der Waals surface area contributed by atoms with Crippen LogP contribution in [0.3, 0.4) is 0 Å². The Morgan fingerprint density at radius 2 is 1.87 bits per heavy atom. The number of hydrogen-bond acceptors (Lipinski definition) is 5. The summed E-state index contributed by atoms with van der Waals surface area (Å²) in [6.45, 7) is 12.1. The number of benzene rings is 2. The Hall–Kier alpha value is -3.05. The molecule has 0 saturated heterocycles. The Kier molecular flexibility index (Phi) is 9.85. The van der Waals surface area contributed by atoms with Crippen molar-refractivity contribution in [1.82, 2.24) is 0 Å². The zero-order valence-corrected chi connectivity index (χ0v) is 18.7. The largest absolute Gasteiger partial charge is 0.488 e. The highest BCUT2D eigenvalue weighted by atomic mass is 16.7. The van der Waals surface area contributed by atoms with Gasteiger partial charge in [-0.1, -0.05) is 43.0 Å². The maximum Gasteiger partial charge on any atom is 0.342 e. The molecule has 0 fully saturated rings. The van der Waals surface area contributed by atoms with E-state index in [1.54, 1.807) is 20.1 Å². The molecule has 5 nitrogen and oxygen atoms in total. The van der Waals surface area contributed by atoms with E-state index in [1.165, 1.54) is 5.56 Å². The first-order valence-electron chi connectivity index (χ1n) is 10.4. The second-order valence-electron chi connectivity index (χ2n) is 7.21. The van der Waals surface area contributed by atoms with Gasteiger partial charge in [0.15, 0.2) is 6.79 Å². The van der Waals surface area contributed by atoms with Gasteiger partial charge in [-0.25, -0.2) is 4.79 Å². The monoisotopic (exact) mass is 424 g/mol. The van der Waals surface area contributed by atoms with Crippen LogP contribution in [0, 0.1) is 0 Å². The Morgan fingerprint density at radius 1 is 1.13 bits per heavy atom. The minimum Gasteiger partial charge on any atom is -0.488 e. The summed E-state index contributed by atoms with van der Waals surface area (Å²) in [4.78, 5) is 13.0. The topological polar surface area (TPSA) is 54.0 Å². The summed E-state index contributed by atoms with van der Waals surface area (Å²) in [6.07, 6.45) is 3.61. The van der Waals surface area contributed by atoms with Crippen LogP contribution in [0.1, 0.15) is 40.9 Å². The lowest BCUT2D eigenvalue weighted by Crippen LogP contribution is -2.16. The number of rotatable bonds is 13. The molecule has 0 unspecified atom stereocenters. The zero-order valence-electron chi connectivity index (χ0n) is 18.7. The van der Waals surface area contributed by atoms with Gasteiger partial charge >= 0.3 is 5.97 Å². The molecule has 0 aliphatic carbocycles. The van der Waals surface area contributed by atoms with Crippen LogP contribution >= 0.6 is 0 Å². The summed E-state index contributed by atoms with van der Waals surface area (Å²) < 4.78 is 22.4. The fourth-order valence-corrected chi connectivity index (χ4v) is 3.22. The molecule has 5 heteroatoms. The SMILES string of the molecule is C=CCc1c(OCOC)cc(CCc2ccccc2)c(C(=O)OCC)c1OCC(=C)C. The van der Waals surface area contributed by atoms with Gasteiger partial charge in [0.25, 0.3) is 0 Å². The molecular formula is C26H32O5. The van der Waals surface area contributed by atoms with E-state index in [2.05, 4.69) is 25.3 Å². The van der Waals surface area contributed by atoms with Crippen molar-refractivity contribution in [3.8, 4) is 11.5 Å². The average molecular weight is 425 g/mol. The lowest BCUT2D eigenvalue weighted by Gasteiger charge is -2.21. The van der Waals surface area contributed by atoms with Crippen LogP contribution in [0.4, 0.5) is 0 Å². The lowest BCUT2D eigenvalue weighted by molar-refractivity contribution is 0.0496. The molecule has 0 aliphatic rings. The molecule has 2 aromatic rings. The fourth-order valence-electron chi connectivity index (χ4n) is 3.22. The molecule has 2 rings (SSSR count). The fraction of sp³-hybridized carbons (Fsp3) is 0.346. The van der Waals surface area contributed by atoms with Crippen molar-refractivity contribution in [3.63, 3.8) is 0 Å². The van der Waals surface area contributed by atoms with Gasteiger partial charge in [0.2, 0.25) is 0 Å². The van der Waals surface area contributed by atoms with Gasteiger partial charge in [0.1, 0.15) is 23.7 Å². The number of carbonyl (C=O) groups is 1. The molecule has 31 heavy (non-hydrogen) atoms. The minimum atomic E-state index is -0.411. The molecule has 0 radical (unpaired) electrons. The van der Waals surface area contributed by atoms with E-state index in [-0.39, 0.29) is 20.0 Å². The summed E-state index contributed by atoms with van der Waals surface area (Å²) in [5, 5.41) is 0. The van der Waals surface area contributed by atoms with Gasteiger partial charge in [-0.05, 0) is 55.9 Å². The van der Waals surface area contributed by atoms with E-state index in [4.69, 9.17) is 18.9 Å². The van der Waals surface area contributed by atoms with E-state index >= 15 is 0 Å². The summed E-state index contributed by atoms with van der Waals surface area (Å²) >= 11 is 0. The highest BCUT2D eigenvalue weighted by Crippen LogP contribution is 2.38. The van der Waals surface area contributed by atoms with Crippen molar-refractivity contribution in [3.05, 3.63) is 83.5 Å². The third-order valence-electron chi connectivity index (χ3n) is 4.57. The van der Waals surface area contributed by atoms with Crippen molar-refractivity contribution in [2.24, 2.45) is 0 Å². The maximum atomic E-state index is 13.0. The number of esters is 1. The second kappa shape index (κ2) is 12.6. The normalized spacial score (nSPS) is 10.4. The third-order valence-corrected chi connectivity index (χ3v) is 4.57. The van der Waals surface area contributed by atoms with Gasteiger partial charge in [0.05, 0.1) is 6.61 Å². The third kappa shape index (κ3) is 7.00. The van der Waals surface area contributed by atoms with Crippen molar-refractivity contribution in [2.45, 2.75) is 33.1 Å².